The number of esters is 2. The van der Waals surface area contributed by atoms with Crippen molar-refractivity contribution in [3.63, 3.8) is 0 Å². The predicted octanol–water partition coefficient (Wildman–Crippen LogP) is 0.209. The number of aromatic nitrogens is 4. The number of hydrogen-bond donors (Lipinski definition) is 1. The number of nitrogen functional groups attached to an aromatic ring is 1. The first-order valence-electron chi connectivity index (χ1n) is 9.42. The molecule has 1 aliphatic rings. The number of halogens is 1. The van der Waals surface area contributed by atoms with Gasteiger partial charge in [-0.1, -0.05) is 0 Å². The van der Waals surface area contributed by atoms with Crippen molar-refractivity contribution in [2.75, 3.05) is 12.8 Å². The molecule has 2 N–H and O–H groups in total. The summed E-state index contributed by atoms with van der Waals surface area (Å²) in [4.78, 5) is 44.4. The second-order valence-corrected chi connectivity index (χ2v) is 6.87. The van der Waals surface area contributed by atoms with Crippen molar-refractivity contribution in [3.05, 3.63) is 16.7 Å². The number of hydrogen-bond acceptors (Lipinski definition) is 10. The summed E-state index contributed by atoms with van der Waals surface area (Å²) < 4.78 is 32.7. The number of carbonyl (C=O) groups is 2. The molecule has 1 saturated heterocycles. The molecular weight excluding hydrogens is 415 g/mol. The Morgan fingerprint density at radius 3 is 2.84 bits per heavy atom. The lowest BCUT2D eigenvalue weighted by Gasteiger charge is -2.19. The van der Waals surface area contributed by atoms with Gasteiger partial charge in [-0.25, -0.2) is 18.7 Å². The summed E-state index contributed by atoms with van der Waals surface area (Å²) in [6.45, 7) is 1.25. The second-order valence-electron chi connectivity index (χ2n) is 6.87. The van der Waals surface area contributed by atoms with Gasteiger partial charge in [0.25, 0.3) is 0 Å². The zero-order valence-electron chi connectivity index (χ0n) is 16.9. The molecule has 13 heteroatoms. The Morgan fingerprint density at radius 1 is 1.45 bits per heavy atom. The third-order valence-corrected chi connectivity index (χ3v) is 4.81. The van der Waals surface area contributed by atoms with Crippen LogP contribution < -0.4 is 11.4 Å². The largest absolute Gasteiger partial charge is 0.469 e. The van der Waals surface area contributed by atoms with Crippen LogP contribution in [0.5, 0.6) is 0 Å². The number of methoxy groups -OCH3 is 1. The van der Waals surface area contributed by atoms with E-state index < -0.39 is 48.7 Å². The van der Waals surface area contributed by atoms with Gasteiger partial charge in [-0.05, 0) is 6.42 Å². The minimum absolute atomic E-state index is 0.0440. The van der Waals surface area contributed by atoms with Crippen LogP contribution >= 0.6 is 0 Å². The van der Waals surface area contributed by atoms with Gasteiger partial charge in [0.1, 0.15) is 11.6 Å². The first-order chi connectivity index (χ1) is 14.8. The first-order valence-corrected chi connectivity index (χ1v) is 9.42. The fraction of sp³-hybridized carbons (Fsp3) is 0.556. The van der Waals surface area contributed by atoms with Crippen LogP contribution in [0.3, 0.4) is 0 Å². The number of imidazole rings is 1. The fourth-order valence-corrected chi connectivity index (χ4v) is 3.46. The molecule has 166 valence electrons. The van der Waals surface area contributed by atoms with Crippen LogP contribution in [0.1, 0.15) is 32.4 Å². The highest BCUT2D eigenvalue weighted by Gasteiger charge is 2.50. The fourth-order valence-electron chi connectivity index (χ4n) is 3.46. The third-order valence-electron chi connectivity index (χ3n) is 4.81. The van der Waals surface area contributed by atoms with E-state index in [4.69, 9.17) is 20.5 Å². The molecule has 0 amide bonds. The van der Waals surface area contributed by atoms with E-state index in [1.54, 1.807) is 0 Å². The van der Waals surface area contributed by atoms with Gasteiger partial charge in [0, 0.05) is 19.9 Å². The highest BCUT2D eigenvalue weighted by Crippen LogP contribution is 2.36. The van der Waals surface area contributed by atoms with E-state index in [-0.39, 0.29) is 30.1 Å². The van der Waals surface area contributed by atoms with Crippen molar-refractivity contribution in [1.29, 1.82) is 5.26 Å². The van der Waals surface area contributed by atoms with Crippen molar-refractivity contribution in [1.82, 2.24) is 19.1 Å². The van der Waals surface area contributed by atoms with Crippen LogP contribution in [0.4, 0.5) is 10.3 Å². The van der Waals surface area contributed by atoms with Gasteiger partial charge in [0.2, 0.25) is 5.95 Å². The molecule has 3 heterocycles. The van der Waals surface area contributed by atoms with E-state index >= 15 is 4.39 Å². The molecule has 3 rings (SSSR count). The highest BCUT2D eigenvalue weighted by atomic mass is 19.1. The summed E-state index contributed by atoms with van der Waals surface area (Å²) in [7, 11) is 1.14. The minimum atomic E-state index is -1.91. The number of ether oxygens (including phenoxy) is 3. The molecule has 0 bridgehead atoms. The van der Waals surface area contributed by atoms with E-state index in [1.807, 2.05) is 6.07 Å². The maximum absolute atomic E-state index is 15.1. The molecule has 2 aromatic rings. The Kier molecular flexibility index (Phi) is 6.50. The molecule has 1 fully saturated rings. The molecule has 0 aliphatic carbocycles. The van der Waals surface area contributed by atoms with Crippen molar-refractivity contribution in [2.45, 2.75) is 57.3 Å². The zero-order valence-corrected chi connectivity index (χ0v) is 16.9. The number of nitrogens with two attached hydrogens (primary N) is 1. The summed E-state index contributed by atoms with van der Waals surface area (Å²) in [6, 6.07) is 1.99. The molecule has 4 atom stereocenters. The van der Waals surface area contributed by atoms with Gasteiger partial charge >= 0.3 is 17.6 Å². The smallest absolute Gasteiger partial charge is 0.332 e. The maximum Gasteiger partial charge on any atom is 0.332 e. The molecule has 0 unspecified atom stereocenters. The van der Waals surface area contributed by atoms with E-state index in [1.165, 1.54) is 10.8 Å². The number of rotatable bonds is 7. The van der Waals surface area contributed by atoms with Gasteiger partial charge in [-0.15, -0.1) is 0 Å². The Labute approximate surface area is 175 Å². The molecular formula is C18H21FN6O6. The number of unbranched alkanes of at least 4 members (excludes halogenated alkanes) is 1. The molecule has 12 nitrogen and oxygen atoms in total. The van der Waals surface area contributed by atoms with E-state index in [0.29, 0.717) is 6.42 Å². The quantitative estimate of drug-likeness (QED) is 0.468. The lowest BCUT2D eigenvalue weighted by atomic mass is 10.1. The number of nitriles is 1. The second kappa shape index (κ2) is 9.09. The molecule has 0 aromatic carbocycles. The van der Waals surface area contributed by atoms with Crippen molar-refractivity contribution < 1.29 is 28.2 Å². The van der Waals surface area contributed by atoms with Crippen LogP contribution in [-0.4, -0.2) is 56.5 Å². The molecule has 0 saturated carbocycles. The highest BCUT2D eigenvalue weighted by molar-refractivity contribution is 5.72. The average molecular weight is 436 g/mol. The van der Waals surface area contributed by atoms with Gasteiger partial charge in [0.05, 0.1) is 25.8 Å². The molecule has 31 heavy (non-hydrogen) atoms. The number of anilines is 1. The summed E-state index contributed by atoms with van der Waals surface area (Å²) in [5.74, 6) is -1.66. The Bertz CT molecular complexity index is 1090. The minimum Gasteiger partial charge on any atom is -0.469 e. The lowest BCUT2D eigenvalue weighted by molar-refractivity contribution is -0.154. The zero-order chi connectivity index (χ0) is 22.7. The van der Waals surface area contributed by atoms with Crippen LogP contribution in [0.25, 0.3) is 11.2 Å². The Hall–Kier alpha value is -3.53. The average Bonchev–Trinajstić information content (AvgIpc) is 3.15. The van der Waals surface area contributed by atoms with E-state index in [2.05, 4.69) is 14.7 Å². The third kappa shape index (κ3) is 4.33. The van der Waals surface area contributed by atoms with Crippen LogP contribution in [0.2, 0.25) is 0 Å². The monoisotopic (exact) mass is 436 g/mol. The van der Waals surface area contributed by atoms with Crippen LogP contribution in [0.15, 0.2) is 11.0 Å². The van der Waals surface area contributed by atoms with Gasteiger partial charge in [0.15, 0.2) is 24.2 Å². The molecule has 2 aromatic heterocycles. The maximum atomic E-state index is 15.1. The summed E-state index contributed by atoms with van der Waals surface area (Å²) in [6.07, 6.45) is -4.68. The summed E-state index contributed by atoms with van der Waals surface area (Å²) >= 11 is 0. The number of carbonyl (C=O) groups excluding carboxylic acids is 2. The number of fused-ring (bicyclic) bond motifs is 1. The van der Waals surface area contributed by atoms with Gasteiger partial charge < -0.3 is 19.9 Å². The number of alkyl halides is 1. The standard InChI is InChI=1S/C18H21FN6O6/c1-9(26)30-14-13(19)11(7-12(27)29-2)31-16(14)25-15-10(8-22-17(21)23-15)24(18(25)28)6-4-3-5-20/h8,11,13-14,16H,3-4,6-7H2,1-2H3,(H2,21,22,23)/t11-,13-,14-,16-/m1/s1. The molecule has 0 spiro atoms. The number of nitrogens with zero attached hydrogens (tertiary/aromatic N) is 5. The van der Waals surface area contributed by atoms with Crippen molar-refractivity contribution in [3.8, 4) is 6.07 Å². The Morgan fingerprint density at radius 2 is 2.19 bits per heavy atom. The SMILES string of the molecule is COC(=O)C[C@H]1O[C@@H](n2c(=O)n(CCCC#N)c3cnc(N)nc32)[C@H](OC(C)=O)[C@@H]1F. The molecule has 0 radical (unpaired) electrons. The van der Waals surface area contributed by atoms with Crippen molar-refractivity contribution in [2.24, 2.45) is 0 Å². The summed E-state index contributed by atoms with van der Waals surface area (Å²) in [5, 5.41) is 8.78. The van der Waals surface area contributed by atoms with Gasteiger partial charge in [-0.2, -0.15) is 10.2 Å². The first kappa shape index (κ1) is 22.2. The number of aryl methyl sites for hydroxylation is 1. The van der Waals surface area contributed by atoms with Crippen molar-refractivity contribution >= 4 is 29.1 Å². The van der Waals surface area contributed by atoms with E-state index in [0.717, 1.165) is 18.6 Å². The summed E-state index contributed by atoms with van der Waals surface area (Å²) in [5.41, 5.74) is 5.37. The topological polar surface area (TPSA) is 164 Å². The van der Waals surface area contributed by atoms with E-state index in [9.17, 15) is 14.4 Å². The normalized spacial score (nSPS) is 22.9. The lowest BCUT2D eigenvalue weighted by Crippen LogP contribution is -2.37. The van der Waals surface area contributed by atoms with Gasteiger partial charge in [-0.3, -0.25) is 14.2 Å². The van der Waals surface area contributed by atoms with Crippen LogP contribution in [-0.2, 0) is 30.3 Å². The predicted molar refractivity (Wildman–Crippen MR) is 102 cm³/mol. The molecule has 1 aliphatic heterocycles. The van der Waals surface area contributed by atoms with Crippen LogP contribution in [0, 0.1) is 11.3 Å². The Balaban J connectivity index is 2.10.